The zero-order valence-electron chi connectivity index (χ0n) is 17.3. The highest BCUT2D eigenvalue weighted by atomic mass is 16.5. The lowest BCUT2D eigenvalue weighted by atomic mass is 10.0. The summed E-state index contributed by atoms with van der Waals surface area (Å²) in [6, 6.07) is 16.6. The molecule has 2 heterocycles. The van der Waals surface area contributed by atoms with Crippen molar-refractivity contribution in [2.45, 2.75) is 26.3 Å². The van der Waals surface area contributed by atoms with Crippen LogP contribution < -0.4 is 9.64 Å². The molecule has 1 fully saturated rings. The van der Waals surface area contributed by atoms with E-state index in [1.807, 2.05) is 12.1 Å². The molecule has 0 radical (unpaired) electrons. The molecule has 0 aliphatic carbocycles. The summed E-state index contributed by atoms with van der Waals surface area (Å²) in [7, 11) is 1.72. The number of hydrogen-bond acceptors (Lipinski definition) is 6. The Bertz CT molecular complexity index is 928. The van der Waals surface area contributed by atoms with Gasteiger partial charge in [-0.2, -0.15) is 4.98 Å². The number of para-hydroxylation sites is 2. The SMILES string of the molecule is COc1ccccc1N1CCN(Cc2nc(-c3ccc(C(C)C)cc3)no2)CC1. The highest BCUT2D eigenvalue weighted by Crippen LogP contribution is 2.28. The van der Waals surface area contributed by atoms with Gasteiger partial charge in [-0.25, -0.2) is 0 Å². The van der Waals surface area contributed by atoms with Crippen LogP contribution in [0.1, 0.15) is 31.2 Å². The molecule has 1 saturated heterocycles. The van der Waals surface area contributed by atoms with E-state index < -0.39 is 0 Å². The zero-order valence-corrected chi connectivity index (χ0v) is 17.3. The number of methoxy groups -OCH3 is 1. The van der Waals surface area contributed by atoms with Gasteiger partial charge in [-0.1, -0.05) is 55.4 Å². The van der Waals surface area contributed by atoms with E-state index in [4.69, 9.17) is 9.26 Å². The van der Waals surface area contributed by atoms with Gasteiger partial charge in [0.1, 0.15) is 5.75 Å². The minimum Gasteiger partial charge on any atom is -0.495 e. The van der Waals surface area contributed by atoms with Gasteiger partial charge in [0.05, 0.1) is 19.3 Å². The number of nitrogens with zero attached hydrogens (tertiary/aromatic N) is 4. The molecule has 0 amide bonds. The first-order chi connectivity index (χ1) is 14.1. The van der Waals surface area contributed by atoms with Crippen LogP contribution in [-0.2, 0) is 6.54 Å². The fourth-order valence-electron chi connectivity index (χ4n) is 3.68. The summed E-state index contributed by atoms with van der Waals surface area (Å²) in [5.74, 6) is 2.76. The van der Waals surface area contributed by atoms with Crippen LogP contribution in [0, 0.1) is 0 Å². The molecule has 0 bridgehead atoms. The summed E-state index contributed by atoms with van der Waals surface area (Å²) in [5, 5.41) is 4.17. The van der Waals surface area contributed by atoms with Crippen molar-refractivity contribution in [1.29, 1.82) is 0 Å². The maximum atomic E-state index is 5.51. The second kappa shape index (κ2) is 8.66. The molecule has 0 spiro atoms. The molecule has 6 heteroatoms. The molecule has 1 aliphatic rings. The van der Waals surface area contributed by atoms with E-state index in [1.54, 1.807) is 7.11 Å². The zero-order chi connectivity index (χ0) is 20.2. The van der Waals surface area contributed by atoms with Crippen LogP contribution in [-0.4, -0.2) is 48.3 Å². The van der Waals surface area contributed by atoms with Crippen LogP contribution in [0.15, 0.2) is 53.1 Å². The first-order valence-corrected chi connectivity index (χ1v) is 10.2. The maximum Gasteiger partial charge on any atom is 0.241 e. The van der Waals surface area contributed by atoms with Crippen molar-refractivity contribution in [2.75, 3.05) is 38.2 Å². The van der Waals surface area contributed by atoms with Crippen molar-refractivity contribution in [3.63, 3.8) is 0 Å². The highest BCUT2D eigenvalue weighted by molar-refractivity contribution is 5.58. The van der Waals surface area contributed by atoms with Gasteiger partial charge in [-0.3, -0.25) is 4.90 Å². The van der Waals surface area contributed by atoms with E-state index in [9.17, 15) is 0 Å². The van der Waals surface area contributed by atoms with Crippen LogP contribution in [0.3, 0.4) is 0 Å². The number of ether oxygens (including phenoxy) is 1. The molecule has 6 nitrogen and oxygen atoms in total. The molecule has 4 rings (SSSR count). The number of anilines is 1. The number of hydrogen-bond donors (Lipinski definition) is 0. The lowest BCUT2D eigenvalue weighted by Crippen LogP contribution is -2.46. The van der Waals surface area contributed by atoms with Crippen LogP contribution in [0.4, 0.5) is 5.69 Å². The van der Waals surface area contributed by atoms with Crippen molar-refractivity contribution in [3.05, 3.63) is 60.0 Å². The quantitative estimate of drug-likeness (QED) is 0.627. The van der Waals surface area contributed by atoms with Gasteiger partial charge < -0.3 is 14.2 Å². The third-order valence-corrected chi connectivity index (χ3v) is 5.46. The summed E-state index contributed by atoms with van der Waals surface area (Å²) >= 11 is 0. The molecule has 0 saturated carbocycles. The minimum absolute atomic E-state index is 0.513. The topological polar surface area (TPSA) is 54.6 Å². The van der Waals surface area contributed by atoms with E-state index in [1.165, 1.54) is 5.56 Å². The summed E-state index contributed by atoms with van der Waals surface area (Å²) in [5.41, 5.74) is 3.45. The van der Waals surface area contributed by atoms with Crippen molar-refractivity contribution in [1.82, 2.24) is 15.0 Å². The number of rotatable bonds is 6. The third-order valence-electron chi connectivity index (χ3n) is 5.46. The smallest absolute Gasteiger partial charge is 0.241 e. The predicted molar refractivity (Wildman–Crippen MR) is 114 cm³/mol. The Labute approximate surface area is 172 Å². The Morgan fingerprint density at radius 2 is 1.72 bits per heavy atom. The molecule has 2 aromatic carbocycles. The Morgan fingerprint density at radius 3 is 2.41 bits per heavy atom. The number of benzene rings is 2. The first-order valence-electron chi connectivity index (χ1n) is 10.2. The molecule has 152 valence electrons. The summed E-state index contributed by atoms with van der Waals surface area (Å²) in [4.78, 5) is 9.32. The van der Waals surface area contributed by atoms with Gasteiger partial charge in [0, 0.05) is 31.7 Å². The van der Waals surface area contributed by atoms with Crippen molar-refractivity contribution >= 4 is 5.69 Å². The van der Waals surface area contributed by atoms with Gasteiger partial charge in [-0.15, -0.1) is 0 Å². The Hall–Kier alpha value is -2.86. The van der Waals surface area contributed by atoms with Gasteiger partial charge in [-0.05, 0) is 23.6 Å². The summed E-state index contributed by atoms with van der Waals surface area (Å²) < 4.78 is 11.0. The second-order valence-corrected chi connectivity index (χ2v) is 7.72. The van der Waals surface area contributed by atoms with Crippen LogP contribution in [0.25, 0.3) is 11.4 Å². The van der Waals surface area contributed by atoms with Gasteiger partial charge in [0.2, 0.25) is 11.7 Å². The van der Waals surface area contributed by atoms with Gasteiger partial charge in [0.25, 0.3) is 0 Å². The van der Waals surface area contributed by atoms with Crippen molar-refractivity contribution in [2.24, 2.45) is 0 Å². The minimum atomic E-state index is 0.513. The molecule has 0 atom stereocenters. The largest absolute Gasteiger partial charge is 0.495 e. The third kappa shape index (κ3) is 4.43. The van der Waals surface area contributed by atoms with Gasteiger partial charge >= 0.3 is 0 Å². The Kier molecular flexibility index (Phi) is 5.81. The maximum absolute atomic E-state index is 5.51. The monoisotopic (exact) mass is 392 g/mol. The highest BCUT2D eigenvalue weighted by Gasteiger charge is 2.21. The van der Waals surface area contributed by atoms with E-state index >= 15 is 0 Å². The molecule has 0 N–H and O–H groups in total. The molecule has 3 aromatic rings. The standard InChI is InChI=1S/C23H28N4O2/c1-17(2)18-8-10-19(11-9-18)23-24-22(29-25-23)16-26-12-14-27(15-13-26)20-6-4-5-7-21(20)28-3/h4-11,17H,12-16H2,1-3H3. The molecule has 1 aromatic heterocycles. The van der Waals surface area contributed by atoms with Crippen LogP contribution in [0.2, 0.25) is 0 Å². The Morgan fingerprint density at radius 1 is 1.00 bits per heavy atom. The van der Waals surface area contributed by atoms with Crippen LogP contribution >= 0.6 is 0 Å². The van der Waals surface area contributed by atoms with E-state index in [0.29, 0.717) is 24.2 Å². The van der Waals surface area contributed by atoms with Crippen molar-refractivity contribution in [3.8, 4) is 17.1 Å². The average Bonchev–Trinajstić information content (AvgIpc) is 3.23. The fraction of sp³-hybridized carbons (Fsp3) is 0.391. The molecule has 0 unspecified atom stereocenters. The molecule has 29 heavy (non-hydrogen) atoms. The predicted octanol–water partition coefficient (Wildman–Crippen LogP) is 4.19. The van der Waals surface area contributed by atoms with E-state index in [0.717, 1.165) is 43.2 Å². The average molecular weight is 393 g/mol. The Balaban J connectivity index is 1.35. The van der Waals surface area contributed by atoms with Crippen molar-refractivity contribution < 1.29 is 9.26 Å². The lowest BCUT2D eigenvalue weighted by molar-refractivity contribution is 0.215. The van der Waals surface area contributed by atoms with E-state index in [2.05, 4.69) is 70.2 Å². The molecular formula is C23H28N4O2. The second-order valence-electron chi connectivity index (χ2n) is 7.72. The fourth-order valence-corrected chi connectivity index (χ4v) is 3.68. The molecule has 1 aliphatic heterocycles. The number of aromatic nitrogens is 2. The summed E-state index contributed by atoms with van der Waals surface area (Å²) in [6.45, 7) is 8.83. The van der Waals surface area contributed by atoms with Gasteiger partial charge in [0.15, 0.2) is 0 Å². The lowest BCUT2D eigenvalue weighted by Gasteiger charge is -2.35. The molecular weight excluding hydrogens is 364 g/mol. The number of piperazine rings is 1. The van der Waals surface area contributed by atoms with E-state index in [-0.39, 0.29) is 0 Å². The van der Waals surface area contributed by atoms with Crippen LogP contribution in [0.5, 0.6) is 5.75 Å². The first kappa shape index (κ1) is 19.5. The summed E-state index contributed by atoms with van der Waals surface area (Å²) in [6.07, 6.45) is 0. The normalized spacial score (nSPS) is 15.1.